The summed E-state index contributed by atoms with van der Waals surface area (Å²) in [4.78, 5) is 0. The van der Waals surface area contributed by atoms with Crippen molar-refractivity contribution in [3.05, 3.63) is 47.3 Å². The molecule has 0 bridgehead atoms. The van der Waals surface area contributed by atoms with E-state index in [0.717, 1.165) is 18.8 Å². The van der Waals surface area contributed by atoms with Crippen LogP contribution in [0, 0.1) is 0 Å². The molecule has 1 aromatic heterocycles. The molecular formula is C18H23N3O. The van der Waals surface area contributed by atoms with E-state index >= 15 is 0 Å². The number of aromatic nitrogens is 2. The molecule has 116 valence electrons. The zero-order valence-corrected chi connectivity index (χ0v) is 13.2. The predicted octanol–water partition coefficient (Wildman–Crippen LogP) is 2.95. The number of benzene rings is 1. The lowest BCUT2D eigenvalue weighted by Gasteiger charge is -2.29. The Balaban J connectivity index is 1.53. The van der Waals surface area contributed by atoms with Gasteiger partial charge in [-0.3, -0.25) is 4.68 Å². The maximum atomic E-state index is 5.84. The van der Waals surface area contributed by atoms with Crippen molar-refractivity contribution in [3.8, 4) is 5.75 Å². The third kappa shape index (κ3) is 2.22. The van der Waals surface area contributed by atoms with Gasteiger partial charge in [0, 0.05) is 41.9 Å². The van der Waals surface area contributed by atoms with Crippen molar-refractivity contribution < 1.29 is 4.74 Å². The van der Waals surface area contributed by atoms with Crippen molar-refractivity contribution in [1.82, 2.24) is 15.1 Å². The van der Waals surface area contributed by atoms with Crippen LogP contribution in [0.15, 0.2) is 30.5 Å². The molecule has 4 nitrogen and oxygen atoms in total. The lowest BCUT2D eigenvalue weighted by molar-refractivity contribution is 0.288. The molecule has 1 aliphatic heterocycles. The normalized spacial score (nSPS) is 24.5. The Labute approximate surface area is 131 Å². The van der Waals surface area contributed by atoms with Gasteiger partial charge in [0.25, 0.3) is 0 Å². The lowest BCUT2D eigenvalue weighted by atomic mass is 9.89. The highest BCUT2D eigenvalue weighted by atomic mass is 16.5. The maximum absolute atomic E-state index is 5.84. The second-order valence-corrected chi connectivity index (χ2v) is 6.53. The molecule has 3 atom stereocenters. The monoisotopic (exact) mass is 297 g/mol. The van der Waals surface area contributed by atoms with Gasteiger partial charge in [-0.1, -0.05) is 18.2 Å². The summed E-state index contributed by atoms with van der Waals surface area (Å²) >= 11 is 0. The minimum atomic E-state index is 0.389. The van der Waals surface area contributed by atoms with E-state index in [9.17, 15) is 0 Å². The van der Waals surface area contributed by atoms with Gasteiger partial charge in [0.2, 0.25) is 0 Å². The number of para-hydroxylation sites is 1. The quantitative estimate of drug-likeness (QED) is 0.946. The molecule has 2 heterocycles. The van der Waals surface area contributed by atoms with Crippen molar-refractivity contribution in [2.24, 2.45) is 7.05 Å². The van der Waals surface area contributed by atoms with Gasteiger partial charge in [0.15, 0.2) is 0 Å². The predicted molar refractivity (Wildman–Crippen MR) is 86.2 cm³/mol. The van der Waals surface area contributed by atoms with E-state index in [4.69, 9.17) is 4.74 Å². The van der Waals surface area contributed by atoms with Crippen molar-refractivity contribution in [2.75, 3.05) is 6.61 Å². The molecule has 0 fully saturated rings. The molecule has 4 rings (SSSR count). The van der Waals surface area contributed by atoms with Gasteiger partial charge >= 0.3 is 0 Å². The lowest BCUT2D eigenvalue weighted by Crippen LogP contribution is -2.37. The van der Waals surface area contributed by atoms with E-state index in [2.05, 4.69) is 35.5 Å². The largest absolute Gasteiger partial charge is 0.493 e. The number of ether oxygens (including phenoxy) is 1. The van der Waals surface area contributed by atoms with Crippen LogP contribution in [0.4, 0.5) is 0 Å². The fraction of sp³-hybridized carbons (Fsp3) is 0.500. The van der Waals surface area contributed by atoms with Gasteiger partial charge in [-0.25, -0.2) is 0 Å². The zero-order chi connectivity index (χ0) is 15.1. The topological polar surface area (TPSA) is 39.1 Å². The maximum Gasteiger partial charge on any atom is 0.122 e. The molecule has 22 heavy (non-hydrogen) atoms. The van der Waals surface area contributed by atoms with E-state index in [-0.39, 0.29) is 0 Å². The number of hydrogen-bond donors (Lipinski definition) is 1. The minimum absolute atomic E-state index is 0.389. The van der Waals surface area contributed by atoms with E-state index < -0.39 is 0 Å². The summed E-state index contributed by atoms with van der Waals surface area (Å²) in [5.41, 5.74) is 4.11. The summed E-state index contributed by atoms with van der Waals surface area (Å²) in [7, 11) is 2.05. The second kappa shape index (κ2) is 5.43. The Kier molecular flexibility index (Phi) is 3.41. The first-order valence-corrected chi connectivity index (χ1v) is 8.22. The molecule has 1 aliphatic carbocycles. The van der Waals surface area contributed by atoms with Crippen molar-refractivity contribution in [1.29, 1.82) is 0 Å². The highest BCUT2D eigenvalue weighted by Gasteiger charge is 2.31. The highest BCUT2D eigenvalue weighted by Crippen LogP contribution is 2.37. The Bertz CT molecular complexity index is 679. The molecule has 0 radical (unpaired) electrons. The van der Waals surface area contributed by atoms with Gasteiger partial charge in [-0.15, -0.1) is 0 Å². The van der Waals surface area contributed by atoms with Crippen LogP contribution < -0.4 is 10.1 Å². The summed E-state index contributed by atoms with van der Waals surface area (Å²) in [5, 5.41) is 8.28. The van der Waals surface area contributed by atoms with E-state index in [0.29, 0.717) is 18.0 Å². The van der Waals surface area contributed by atoms with Crippen LogP contribution in [0.25, 0.3) is 0 Å². The van der Waals surface area contributed by atoms with E-state index in [1.165, 1.54) is 29.7 Å². The minimum Gasteiger partial charge on any atom is -0.493 e. The smallest absolute Gasteiger partial charge is 0.122 e. The number of hydrogen-bond acceptors (Lipinski definition) is 3. The Hall–Kier alpha value is -1.81. The SMILES string of the molecule is C[C@H](N[C@@H]1CCCc2c1cnn2C)[C@H]1COc2ccccc21. The molecule has 0 amide bonds. The molecule has 0 spiro atoms. The molecule has 1 aromatic carbocycles. The molecule has 2 aromatic rings. The Morgan fingerprint density at radius 3 is 3.09 bits per heavy atom. The molecule has 0 saturated heterocycles. The first-order chi connectivity index (χ1) is 10.7. The van der Waals surface area contributed by atoms with Gasteiger partial charge in [0.1, 0.15) is 5.75 Å². The van der Waals surface area contributed by atoms with Crippen LogP contribution in [-0.2, 0) is 13.5 Å². The summed E-state index contributed by atoms with van der Waals surface area (Å²) in [6.07, 6.45) is 5.61. The summed E-state index contributed by atoms with van der Waals surface area (Å²) in [5.74, 6) is 1.48. The molecule has 0 unspecified atom stereocenters. The number of rotatable bonds is 3. The molecule has 1 N–H and O–H groups in total. The number of nitrogens with one attached hydrogen (secondary N) is 1. The average molecular weight is 297 g/mol. The standard InChI is InChI=1S/C18H23N3O/c1-12(15-11-22-18-9-4-3-6-13(15)18)20-16-7-5-8-17-14(16)10-19-21(17)2/h3-4,6,9-10,12,15-16,20H,5,7-8,11H2,1-2H3/t12-,15+,16+/m0/s1. The van der Waals surface area contributed by atoms with Gasteiger partial charge in [-0.2, -0.15) is 5.10 Å². The van der Waals surface area contributed by atoms with Crippen molar-refractivity contribution in [2.45, 2.75) is 44.2 Å². The van der Waals surface area contributed by atoms with E-state index in [1.807, 2.05) is 24.0 Å². The Morgan fingerprint density at radius 2 is 2.18 bits per heavy atom. The van der Waals surface area contributed by atoms with Crippen LogP contribution >= 0.6 is 0 Å². The molecule has 4 heteroatoms. The summed E-state index contributed by atoms with van der Waals surface area (Å²) in [6, 6.07) is 9.22. The Morgan fingerprint density at radius 1 is 1.32 bits per heavy atom. The van der Waals surface area contributed by atoms with Gasteiger partial charge < -0.3 is 10.1 Å². The van der Waals surface area contributed by atoms with Crippen LogP contribution in [0.1, 0.15) is 48.5 Å². The third-order valence-corrected chi connectivity index (χ3v) is 5.18. The summed E-state index contributed by atoms with van der Waals surface area (Å²) < 4.78 is 7.87. The zero-order valence-electron chi connectivity index (χ0n) is 13.2. The van der Waals surface area contributed by atoms with Gasteiger partial charge in [0.05, 0.1) is 12.8 Å². The third-order valence-electron chi connectivity index (χ3n) is 5.18. The molecule has 0 saturated carbocycles. The fourth-order valence-corrected chi connectivity index (χ4v) is 3.91. The number of nitrogens with zero attached hydrogens (tertiary/aromatic N) is 2. The van der Waals surface area contributed by atoms with Crippen LogP contribution in [-0.4, -0.2) is 22.4 Å². The molecule has 2 aliphatic rings. The first kappa shape index (κ1) is 13.8. The first-order valence-electron chi connectivity index (χ1n) is 8.22. The number of fused-ring (bicyclic) bond motifs is 2. The van der Waals surface area contributed by atoms with Crippen molar-refractivity contribution >= 4 is 0 Å². The van der Waals surface area contributed by atoms with E-state index in [1.54, 1.807) is 0 Å². The fourth-order valence-electron chi connectivity index (χ4n) is 3.91. The van der Waals surface area contributed by atoms with Gasteiger partial charge in [-0.05, 0) is 32.3 Å². The number of aryl methyl sites for hydroxylation is 1. The highest BCUT2D eigenvalue weighted by molar-refractivity contribution is 5.40. The van der Waals surface area contributed by atoms with Crippen LogP contribution in [0.3, 0.4) is 0 Å². The van der Waals surface area contributed by atoms with Crippen LogP contribution in [0.5, 0.6) is 5.75 Å². The van der Waals surface area contributed by atoms with Crippen molar-refractivity contribution in [3.63, 3.8) is 0 Å². The summed E-state index contributed by atoms with van der Waals surface area (Å²) in [6.45, 7) is 3.06. The second-order valence-electron chi connectivity index (χ2n) is 6.53. The van der Waals surface area contributed by atoms with Crippen LogP contribution in [0.2, 0.25) is 0 Å². The molecular weight excluding hydrogens is 274 g/mol. The average Bonchev–Trinajstić information content (AvgIpc) is 3.12.